The Morgan fingerprint density at radius 1 is 1.17 bits per heavy atom. The van der Waals surface area contributed by atoms with Gasteiger partial charge in [-0.3, -0.25) is 4.78 Å². The normalized spacial score (nSPS) is 19.6. The fraction of sp³-hybridized carbons (Fsp3) is 0.455. The molecular formula is C22H31N5O2S. The van der Waals surface area contributed by atoms with Gasteiger partial charge < -0.3 is 15.3 Å². The standard InChI is InChI=1S/C22H31N5O2S/c1-21(2)13-16(14-22(3,4)26-21)27(5)20-9-8-18(24-25-20)17-7-6-15(12-19(17)28)10-11-30(23)29/h6-12,16,23,26,28,30H,13-14H2,1-5H3/b11-10+. The van der Waals surface area contributed by atoms with Gasteiger partial charge in [-0.2, -0.15) is 0 Å². The van der Waals surface area contributed by atoms with Gasteiger partial charge in [0.2, 0.25) is 0 Å². The second-order valence-electron chi connectivity index (χ2n) is 9.26. The second kappa shape index (κ2) is 8.35. The van der Waals surface area contributed by atoms with E-state index in [4.69, 9.17) is 4.78 Å². The molecule has 1 aromatic heterocycles. The highest BCUT2D eigenvalue weighted by Crippen LogP contribution is 2.33. The molecule has 1 saturated heterocycles. The lowest BCUT2D eigenvalue weighted by atomic mass is 9.79. The number of aromatic hydroxyl groups is 1. The van der Waals surface area contributed by atoms with Crippen molar-refractivity contribution in [3.05, 3.63) is 41.3 Å². The van der Waals surface area contributed by atoms with Crippen LogP contribution in [0, 0.1) is 4.78 Å². The first-order valence-electron chi connectivity index (χ1n) is 10.0. The van der Waals surface area contributed by atoms with Crippen LogP contribution >= 0.6 is 0 Å². The van der Waals surface area contributed by atoms with Crippen LogP contribution in [-0.4, -0.2) is 43.7 Å². The summed E-state index contributed by atoms with van der Waals surface area (Å²) in [6, 6.07) is 9.23. The molecule has 2 heterocycles. The Balaban J connectivity index is 1.79. The molecule has 3 N–H and O–H groups in total. The number of benzene rings is 1. The summed E-state index contributed by atoms with van der Waals surface area (Å²) >= 11 is 0. The summed E-state index contributed by atoms with van der Waals surface area (Å²) in [5, 5.41) is 24.1. The summed E-state index contributed by atoms with van der Waals surface area (Å²) in [4.78, 5) is 2.19. The maximum absolute atomic E-state index is 10.9. The van der Waals surface area contributed by atoms with Gasteiger partial charge in [-0.15, -0.1) is 10.2 Å². The number of nitrogens with zero attached hydrogens (tertiary/aromatic N) is 3. The summed E-state index contributed by atoms with van der Waals surface area (Å²) in [5.74, 6) is 0.866. The summed E-state index contributed by atoms with van der Waals surface area (Å²) in [6.45, 7) is 8.92. The summed E-state index contributed by atoms with van der Waals surface area (Å²) in [7, 11) is -0.0493. The molecular weight excluding hydrogens is 398 g/mol. The molecule has 2 aromatic rings. The van der Waals surface area contributed by atoms with Gasteiger partial charge in [-0.25, -0.2) is 4.21 Å². The van der Waals surface area contributed by atoms with E-state index < -0.39 is 10.6 Å². The van der Waals surface area contributed by atoms with Gasteiger partial charge in [-0.05, 0) is 76.4 Å². The molecule has 162 valence electrons. The van der Waals surface area contributed by atoms with Gasteiger partial charge in [0.1, 0.15) is 5.75 Å². The van der Waals surface area contributed by atoms with Crippen LogP contribution in [0.15, 0.2) is 35.7 Å². The van der Waals surface area contributed by atoms with Gasteiger partial charge in [-0.1, -0.05) is 6.07 Å². The molecule has 1 atom stereocenters. The first kappa shape index (κ1) is 22.2. The lowest BCUT2D eigenvalue weighted by Gasteiger charge is -2.49. The van der Waals surface area contributed by atoms with Gasteiger partial charge in [0, 0.05) is 35.1 Å². The number of piperidine rings is 1. The number of phenols is 1. The van der Waals surface area contributed by atoms with Crippen LogP contribution in [0.2, 0.25) is 0 Å². The summed E-state index contributed by atoms with van der Waals surface area (Å²) in [5.41, 5.74) is 1.92. The van der Waals surface area contributed by atoms with Crippen LogP contribution in [0.3, 0.4) is 0 Å². The monoisotopic (exact) mass is 429 g/mol. The van der Waals surface area contributed by atoms with Crippen molar-refractivity contribution in [1.82, 2.24) is 15.5 Å². The maximum Gasteiger partial charge on any atom is 0.151 e. The minimum atomic E-state index is -2.11. The third kappa shape index (κ3) is 5.37. The van der Waals surface area contributed by atoms with Crippen LogP contribution in [0.5, 0.6) is 5.75 Å². The highest BCUT2D eigenvalue weighted by atomic mass is 32.2. The SMILES string of the molecule is CN(c1ccc(-c2ccc(/C=C/[SH](=N)=O)cc2O)nn1)C1CC(C)(C)NC(C)(C)C1. The Morgan fingerprint density at radius 3 is 2.37 bits per heavy atom. The predicted octanol–water partition coefficient (Wildman–Crippen LogP) is 3.81. The van der Waals surface area contributed by atoms with Crippen LogP contribution in [-0.2, 0) is 10.6 Å². The highest BCUT2D eigenvalue weighted by Gasteiger charge is 2.39. The maximum atomic E-state index is 10.9. The predicted molar refractivity (Wildman–Crippen MR) is 123 cm³/mol. The molecule has 1 aliphatic rings. The molecule has 0 saturated carbocycles. The Bertz CT molecular complexity index is 989. The molecule has 0 bridgehead atoms. The molecule has 0 aliphatic carbocycles. The second-order valence-corrected chi connectivity index (χ2v) is 10.2. The van der Waals surface area contributed by atoms with Crippen molar-refractivity contribution in [2.45, 2.75) is 57.7 Å². The van der Waals surface area contributed by atoms with Crippen LogP contribution in [0.4, 0.5) is 5.82 Å². The van der Waals surface area contributed by atoms with Crippen LogP contribution in [0.25, 0.3) is 17.3 Å². The van der Waals surface area contributed by atoms with Crippen molar-refractivity contribution in [2.24, 2.45) is 0 Å². The number of anilines is 1. The number of nitrogens with one attached hydrogen (secondary N) is 2. The zero-order valence-corrected chi connectivity index (χ0v) is 19.1. The van der Waals surface area contributed by atoms with E-state index in [0.717, 1.165) is 18.7 Å². The third-order valence-electron chi connectivity index (χ3n) is 5.43. The Labute approximate surface area is 180 Å². The van der Waals surface area contributed by atoms with Crippen LogP contribution in [0.1, 0.15) is 46.1 Å². The number of hydrogen-bond acceptors (Lipinski definition) is 7. The molecule has 0 amide bonds. The topological polar surface area (TPSA) is 102 Å². The molecule has 3 rings (SSSR count). The van der Waals surface area contributed by atoms with E-state index in [1.54, 1.807) is 24.3 Å². The van der Waals surface area contributed by atoms with Gasteiger partial charge in [0.15, 0.2) is 5.82 Å². The van der Waals surface area contributed by atoms with E-state index >= 15 is 0 Å². The van der Waals surface area contributed by atoms with Crippen molar-refractivity contribution in [2.75, 3.05) is 11.9 Å². The minimum Gasteiger partial charge on any atom is -0.507 e. The van der Waals surface area contributed by atoms with Crippen molar-refractivity contribution in [3.8, 4) is 17.0 Å². The van der Waals surface area contributed by atoms with Crippen LogP contribution < -0.4 is 10.2 Å². The Hall–Kier alpha value is -2.45. The third-order valence-corrected chi connectivity index (χ3v) is 5.85. The van der Waals surface area contributed by atoms with Gasteiger partial charge >= 0.3 is 0 Å². The fourth-order valence-electron chi connectivity index (χ4n) is 4.41. The molecule has 1 unspecified atom stereocenters. The number of thiol groups is 1. The van der Waals surface area contributed by atoms with Crippen molar-refractivity contribution in [1.29, 1.82) is 4.78 Å². The van der Waals surface area contributed by atoms with Gasteiger partial charge in [0.25, 0.3) is 0 Å². The van der Waals surface area contributed by atoms with Crippen molar-refractivity contribution >= 4 is 22.5 Å². The summed E-state index contributed by atoms with van der Waals surface area (Å²) in [6.07, 6.45) is 3.58. The van der Waals surface area contributed by atoms with E-state index in [9.17, 15) is 9.32 Å². The quantitative estimate of drug-likeness (QED) is 0.539. The number of aromatic nitrogens is 2. The average molecular weight is 430 g/mol. The lowest BCUT2D eigenvalue weighted by molar-refractivity contribution is 0.160. The molecule has 1 aromatic carbocycles. The molecule has 30 heavy (non-hydrogen) atoms. The number of phenolic OH excluding ortho intramolecular Hbond substituents is 1. The molecule has 0 radical (unpaired) electrons. The minimum absolute atomic E-state index is 0.0449. The highest BCUT2D eigenvalue weighted by molar-refractivity contribution is 7.76. The summed E-state index contributed by atoms with van der Waals surface area (Å²) < 4.78 is 18.0. The largest absolute Gasteiger partial charge is 0.507 e. The van der Waals surface area contributed by atoms with E-state index in [1.807, 2.05) is 12.1 Å². The van der Waals surface area contributed by atoms with E-state index in [2.05, 4.69) is 55.2 Å². The molecule has 0 spiro atoms. The van der Waals surface area contributed by atoms with E-state index in [1.165, 1.54) is 5.41 Å². The Kier molecular flexibility index (Phi) is 6.19. The van der Waals surface area contributed by atoms with Crippen molar-refractivity contribution in [3.63, 3.8) is 0 Å². The molecule has 1 fully saturated rings. The average Bonchev–Trinajstić information content (AvgIpc) is 2.63. The van der Waals surface area contributed by atoms with Crippen molar-refractivity contribution < 1.29 is 9.32 Å². The zero-order chi connectivity index (χ0) is 22.1. The Morgan fingerprint density at radius 2 is 1.83 bits per heavy atom. The fourth-order valence-corrected chi connectivity index (χ4v) is 4.72. The number of rotatable bonds is 5. The zero-order valence-electron chi connectivity index (χ0n) is 18.2. The van der Waals surface area contributed by atoms with E-state index in [0.29, 0.717) is 22.9 Å². The lowest BCUT2D eigenvalue weighted by Crippen LogP contribution is -2.62. The first-order valence-corrected chi connectivity index (χ1v) is 11.3. The molecule has 8 heteroatoms. The molecule has 7 nitrogen and oxygen atoms in total. The smallest absolute Gasteiger partial charge is 0.151 e. The van der Waals surface area contributed by atoms with Gasteiger partial charge in [0.05, 0.1) is 16.3 Å². The number of hydrogen-bond donors (Lipinski definition) is 4. The molecule has 1 aliphatic heterocycles. The first-order chi connectivity index (χ1) is 14.0. The van der Waals surface area contributed by atoms with E-state index in [-0.39, 0.29) is 16.8 Å².